The summed E-state index contributed by atoms with van der Waals surface area (Å²) >= 11 is 0. The van der Waals surface area contributed by atoms with Crippen LogP contribution in [0.5, 0.6) is 0 Å². The molecular formula is C14H29NO. The Balaban J connectivity index is 1.86. The summed E-state index contributed by atoms with van der Waals surface area (Å²) in [6.07, 6.45) is 9.66. The van der Waals surface area contributed by atoms with Gasteiger partial charge in [0.05, 0.1) is 0 Å². The molecule has 1 fully saturated rings. The first-order chi connectivity index (χ1) is 7.83. The van der Waals surface area contributed by atoms with Crippen molar-refractivity contribution in [1.82, 2.24) is 5.32 Å². The molecule has 2 unspecified atom stereocenters. The second kappa shape index (κ2) is 9.00. The minimum Gasteiger partial charge on any atom is -0.385 e. The molecule has 0 bridgehead atoms. The summed E-state index contributed by atoms with van der Waals surface area (Å²) < 4.78 is 5.03. The molecule has 2 heteroatoms. The van der Waals surface area contributed by atoms with Gasteiger partial charge in [-0.3, -0.25) is 0 Å². The van der Waals surface area contributed by atoms with Crippen molar-refractivity contribution >= 4 is 0 Å². The number of ether oxygens (including phenoxy) is 1. The molecule has 1 saturated carbocycles. The van der Waals surface area contributed by atoms with Gasteiger partial charge in [-0.2, -0.15) is 0 Å². The lowest BCUT2D eigenvalue weighted by Crippen LogP contribution is -2.22. The van der Waals surface area contributed by atoms with Crippen LogP contribution in [0.15, 0.2) is 0 Å². The molecule has 0 aliphatic heterocycles. The molecule has 96 valence electrons. The zero-order valence-electron chi connectivity index (χ0n) is 11.1. The molecule has 0 radical (unpaired) electrons. The second-order valence-corrected chi connectivity index (χ2v) is 5.38. The monoisotopic (exact) mass is 227 g/mol. The summed E-state index contributed by atoms with van der Waals surface area (Å²) in [6, 6.07) is 0. The van der Waals surface area contributed by atoms with Crippen molar-refractivity contribution in [1.29, 1.82) is 0 Å². The van der Waals surface area contributed by atoms with Gasteiger partial charge >= 0.3 is 0 Å². The maximum Gasteiger partial charge on any atom is 0.0462 e. The Hall–Kier alpha value is -0.0800. The van der Waals surface area contributed by atoms with Crippen LogP contribution in [-0.2, 0) is 4.74 Å². The van der Waals surface area contributed by atoms with Crippen molar-refractivity contribution in [2.75, 3.05) is 26.8 Å². The number of nitrogens with one attached hydrogen (secondary N) is 1. The summed E-state index contributed by atoms with van der Waals surface area (Å²) in [7, 11) is 1.78. The van der Waals surface area contributed by atoms with Gasteiger partial charge in [-0.05, 0) is 50.6 Å². The Bertz CT molecular complexity index is 161. The zero-order valence-corrected chi connectivity index (χ0v) is 11.1. The molecule has 0 saturated heterocycles. The van der Waals surface area contributed by atoms with Gasteiger partial charge in [-0.1, -0.05) is 26.2 Å². The number of methoxy groups -OCH3 is 1. The van der Waals surface area contributed by atoms with Gasteiger partial charge in [0, 0.05) is 13.7 Å². The fourth-order valence-electron chi connectivity index (χ4n) is 2.75. The Morgan fingerprint density at radius 1 is 1.19 bits per heavy atom. The maximum atomic E-state index is 5.03. The lowest BCUT2D eigenvalue weighted by Gasteiger charge is -2.26. The lowest BCUT2D eigenvalue weighted by atomic mass is 9.81. The van der Waals surface area contributed by atoms with Crippen molar-refractivity contribution in [2.24, 2.45) is 11.8 Å². The molecule has 1 aliphatic rings. The number of hydrogen-bond donors (Lipinski definition) is 1. The minimum atomic E-state index is 0.905. The standard InChI is InChI=1S/C14H29NO/c1-13-6-5-7-14(12-13)8-10-15-9-3-4-11-16-2/h13-15H,3-12H2,1-2H3. The molecule has 1 N–H and O–H groups in total. The third-order valence-corrected chi connectivity index (χ3v) is 3.73. The van der Waals surface area contributed by atoms with Gasteiger partial charge in [0.2, 0.25) is 0 Å². The molecule has 0 aromatic heterocycles. The smallest absolute Gasteiger partial charge is 0.0462 e. The fraction of sp³-hybridized carbons (Fsp3) is 1.00. The molecule has 0 aromatic carbocycles. The van der Waals surface area contributed by atoms with Crippen molar-refractivity contribution in [3.63, 3.8) is 0 Å². The third-order valence-electron chi connectivity index (χ3n) is 3.73. The highest BCUT2D eigenvalue weighted by Gasteiger charge is 2.17. The highest BCUT2D eigenvalue weighted by molar-refractivity contribution is 4.71. The first-order valence-corrected chi connectivity index (χ1v) is 7.02. The highest BCUT2D eigenvalue weighted by atomic mass is 16.5. The van der Waals surface area contributed by atoms with E-state index in [1.165, 1.54) is 51.5 Å². The Labute approximate surface area is 101 Å². The van der Waals surface area contributed by atoms with Crippen molar-refractivity contribution < 1.29 is 4.74 Å². The van der Waals surface area contributed by atoms with Gasteiger partial charge in [-0.25, -0.2) is 0 Å². The van der Waals surface area contributed by atoms with Crippen molar-refractivity contribution in [2.45, 2.75) is 51.9 Å². The topological polar surface area (TPSA) is 21.3 Å². The van der Waals surface area contributed by atoms with E-state index in [0.29, 0.717) is 0 Å². The van der Waals surface area contributed by atoms with E-state index in [2.05, 4.69) is 12.2 Å². The molecule has 0 amide bonds. The summed E-state index contributed by atoms with van der Waals surface area (Å²) in [5.74, 6) is 1.97. The summed E-state index contributed by atoms with van der Waals surface area (Å²) in [4.78, 5) is 0. The van der Waals surface area contributed by atoms with E-state index >= 15 is 0 Å². The van der Waals surface area contributed by atoms with Crippen LogP contribution in [0.3, 0.4) is 0 Å². The molecule has 0 heterocycles. The average Bonchev–Trinajstić information content (AvgIpc) is 2.28. The van der Waals surface area contributed by atoms with Crippen LogP contribution < -0.4 is 5.32 Å². The summed E-state index contributed by atoms with van der Waals surface area (Å²) in [6.45, 7) is 5.68. The summed E-state index contributed by atoms with van der Waals surface area (Å²) in [5, 5.41) is 3.55. The Morgan fingerprint density at radius 3 is 2.81 bits per heavy atom. The molecule has 1 rings (SSSR count). The summed E-state index contributed by atoms with van der Waals surface area (Å²) in [5.41, 5.74) is 0. The Kier molecular flexibility index (Phi) is 7.87. The minimum absolute atomic E-state index is 0.905. The normalized spacial score (nSPS) is 25.9. The van der Waals surface area contributed by atoms with Crippen LogP contribution in [0.1, 0.15) is 51.9 Å². The van der Waals surface area contributed by atoms with Crippen LogP contribution >= 0.6 is 0 Å². The van der Waals surface area contributed by atoms with Gasteiger partial charge in [-0.15, -0.1) is 0 Å². The molecule has 0 spiro atoms. The van der Waals surface area contributed by atoms with Gasteiger partial charge in [0.15, 0.2) is 0 Å². The van der Waals surface area contributed by atoms with E-state index in [1.807, 2.05) is 0 Å². The fourth-order valence-corrected chi connectivity index (χ4v) is 2.75. The predicted molar refractivity (Wildman–Crippen MR) is 69.7 cm³/mol. The second-order valence-electron chi connectivity index (χ2n) is 5.38. The van der Waals surface area contributed by atoms with Crippen LogP contribution in [-0.4, -0.2) is 26.8 Å². The Morgan fingerprint density at radius 2 is 2.06 bits per heavy atom. The average molecular weight is 227 g/mol. The molecule has 16 heavy (non-hydrogen) atoms. The SMILES string of the molecule is COCCCCNCCC1CCCC(C)C1. The van der Waals surface area contributed by atoms with Crippen molar-refractivity contribution in [3.8, 4) is 0 Å². The van der Waals surface area contributed by atoms with E-state index in [1.54, 1.807) is 7.11 Å². The maximum absolute atomic E-state index is 5.03. The first kappa shape index (κ1) is 14.0. The molecule has 1 aliphatic carbocycles. The number of rotatable bonds is 8. The van der Waals surface area contributed by atoms with Crippen LogP contribution in [0.25, 0.3) is 0 Å². The van der Waals surface area contributed by atoms with Crippen molar-refractivity contribution in [3.05, 3.63) is 0 Å². The quantitative estimate of drug-likeness (QED) is 0.643. The number of hydrogen-bond acceptors (Lipinski definition) is 2. The van der Waals surface area contributed by atoms with E-state index < -0.39 is 0 Å². The van der Waals surface area contributed by atoms with Gasteiger partial charge in [0.25, 0.3) is 0 Å². The highest BCUT2D eigenvalue weighted by Crippen LogP contribution is 2.30. The van der Waals surface area contributed by atoms with Crippen LogP contribution in [0, 0.1) is 11.8 Å². The van der Waals surface area contributed by atoms with E-state index in [-0.39, 0.29) is 0 Å². The largest absolute Gasteiger partial charge is 0.385 e. The van der Waals surface area contributed by atoms with Gasteiger partial charge in [0.1, 0.15) is 0 Å². The van der Waals surface area contributed by atoms with Crippen LogP contribution in [0.2, 0.25) is 0 Å². The van der Waals surface area contributed by atoms with Crippen LogP contribution in [0.4, 0.5) is 0 Å². The van der Waals surface area contributed by atoms with E-state index in [9.17, 15) is 0 Å². The molecular weight excluding hydrogens is 198 g/mol. The molecule has 0 aromatic rings. The predicted octanol–water partition coefficient (Wildman–Crippen LogP) is 3.22. The zero-order chi connectivity index (χ0) is 11.6. The van der Waals surface area contributed by atoms with Gasteiger partial charge < -0.3 is 10.1 Å². The molecule has 2 atom stereocenters. The van der Waals surface area contributed by atoms with E-state index in [4.69, 9.17) is 4.74 Å². The number of unbranched alkanes of at least 4 members (excludes halogenated alkanes) is 1. The lowest BCUT2D eigenvalue weighted by molar-refractivity contribution is 0.192. The third kappa shape index (κ3) is 6.49. The molecule has 2 nitrogen and oxygen atoms in total. The first-order valence-electron chi connectivity index (χ1n) is 7.02. The van der Waals surface area contributed by atoms with E-state index in [0.717, 1.165) is 25.0 Å².